The normalized spacial score (nSPS) is 15.6. The molecule has 0 fully saturated rings. The van der Waals surface area contributed by atoms with Crippen molar-refractivity contribution in [3.8, 4) is 0 Å². The van der Waals surface area contributed by atoms with Crippen molar-refractivity contribution in [2.45, 2.75) is 83.8 Å². The van der Waals surface area contributed by atoms with Gasteiger partial charge in [0.1, 0.15) is 19.8 Å². The van der Waals surface area contributed by atoms with Gasteiger partial charge in [-0.2, -0.15) is 0 Å². The number of phosphoric acid groups is 1. The maximum Gasteiger partial charge on any atom is 0.472 e. The molecule has 0 heterocycles. The summed E-state index contributed by atoms with van der Waals surface area (Å²) in [4.78, 5) is 33.2. The molecule has 0 saturated carbocycles. The molecule has 0 aliphatic rings. The molecule has 11 heteroatoms. The molecular formula is C28H51NO9P+. The molecule has 0 amide bonds. The number of esters is 2. The first-order valence-electron chi connectivity index (χ1n) is 13.8. The van der Waals surface area contributed by atoms with Crippen LogP contribution in [0, 0.1) is 0 Å². The number of hydrogen-bond acceptors (Lipinski definition) is 8. The lowest BCUT2D eigenvalue weighted by Gasteiger charge is -2.24. The van der Waals surface area contributed by atoms with Crippen molar-refractivity contribution in [3.05, 3.63) is 36.5 Å². The second-order valence-electron chi connectivity index (χ2n) is 10.3. The molecule has 226 valence electrons. The highest BCUT2D eigenvalue weighted by molar-refractivity contribution is 7.47. The van der Waals surface area contributed by atoms with E-state index in [9.17, 15) is 24.2 Å². The molecule has 2 N–H and O–H groups in total. The van der Waals surface area contributed by atoms with E-state index < -0.39 is 38.6 Å². The molecule has 0 aromatic heterocycles. The highest BCUT2D eigenvalue weighted by atomic mass is 31.2. The molecule has 0 aliphatic carbocycles. The van der Waals surface area contributed by atoms with Crippen LogP contribution in [-0.2, 0) is 32.7 Å². The van der Waals surface area contributed by atoms with Crippen molar-refractivity contribution in [2.75, 3.05) is 47.5 Å². The van der Waals surface area contributed by atoms with Gasteiger partial charge in [-0.25, -0.2) is 4.57 Å². The zero-order valence-corrected chi connectivity index (χ0v) is 25.4. The van der Waals surface area contributed by atoms with Crippen LogP contribution in [0.4, 0.5) is 0 Å². The zero-order valence-electron chi connectivity index (χ0n) is 24.5. The van der Waals surface area contributed by atoms with Gasteiger partial charge in [0.15, 0.2) is 6.10 Å². The van der Waals surface area contributed by atoms with Gasteiger partial charge in [-0.3, -0.25) is 18.6 Å². The third-order valence-corrected chi connectivity index (χ3v) is 6.30. The van der Waals surface area contributed by atoms with Crippen molar-refractivity contribution < 1.29 is 47.2 Å². The number of phosphoric ester groups is 1. The molecule has 0 bridgehead atoms. The Hall–Kier alpha value is -1.81. The fourth-order valence-electron chi connectivity index (χ4n) is 3.16. The number of rotatable bonds is 23. The second-order valence-corrected chi connectivity index (χ2v) is 11.8. The van der Waals surface area contributed by atoms with E-state index in [1.165, 1.54) is 6.92 Å². The van der Waals surface area contributed by atoms with Crippen molar-refractivity contribution >= 4 is 19.8 Å². The van der Waals surface area contributed by atoms with Crippen LogP contribution in [0.5, 0.6) is 0 Å². The average molecular weight is 577 g/mol. The van der Waals surface area contributed by atoms with Gasteiger partial charge in [0.05, 0.1) is 33.9 Å². The number of quaternary nitrogens is 1. The van der Waals surface area contributed by atoms with Gasteiger partial charge >= 0.3 is 19.8 Å². The molecule has 10 nitrogen and oxygen atoms in total. The third kappa shape index (κ3) is 26.2. The Balaban J connectivity index is 4.06. The van der Waals surface area contributed by atoms with E-state index >= 15 is 0 Å². The summed E-state index contributed by atoms with van der Waals surface area (Å²) in [6.07, 6.45) is 17.7. The number of hydrogen-bond donors (Lipinski definition) is 2. The minimum atomic E-state index is -4.33. The topological polar surface area (TPSA) is 129 Å². The summed E-state index contributed by atoms with van der Waals surface area (Å²) < 4.78 is 32.7. The highest BCUT2D eigenvalue weighted by Crippen LogP contribution is 2.43. The molecule has 0 aliphatic heterocycles. The summed E-state index contributed by atoms with van der Waals surface area (Å²) in [6.45, 7) is 3.05. The quantitative estimate of drug-likeness (QED) is 0.0437. The number of likely N-dealkylation sites (N-methyl/N-ethyl adjacent to an activating group) is 1. The van der Waals surface area contributed by atoms with Gasteiger partial charge in [0.25, 0.3) is 0 Å². The van der Waals surface area contributed by atoms with Crippen LogP contribution in [0.1, 0.15) is 71.6 Å². The maximum atomic E-state index is 12.1. The van der Waals surface area contributed by atoms with Gasteiger partial charge < -0.3 is 24.0 Å². The Morgan fingerprint density at radius 1 is 0.949 bits per heavy atom. The van der Waals surface area contributed by atoms with Gasteiger partial charge in [-0.05, 0) is 32.1 Å². The van der Waals surface area contributed by atoms with Gasteiger partial charge in [-0.15, -0.1) is 0 Å². The van der Waals surface area contributed by atoms with E-state index in [0.29, 0.717) is 23.9 Å². The van der Waals surface area contributed by atoms with E-state index in [2.05, 4.69) is 13.0 Å². The predicted octanol–water partition coefficient (Wildman–Crippen LogP) is 4.86. The van der Waals surface area contributed by atoms with Crippen molar-refractivity contribution in [3.63, 3.8) is 0 Å². The van der Waals surface area contributed by atoms with E-state index in [1.54, 1.807) is 6.08 Å². The summed E-state index contributed by atoms with van der Waals surface area (Å²) in [5.41, 5.74) is 0. The Bertz CT molecular complexity index is 805. The van der Waals surface area contributed by atoms with Gasteiger partial charge in [0, 0.05) is 13.3 Å². The molecule has 0 radical (unpaired) electrons. The first-order valence-corrected chi connectivity index (χ1v) is 15.3. The summed E-state index contributed by atoms with van der Waals surface area (Å²) >= 11 is 0. The van der Waals surface area contributed by atoms with Crippen molar-refractivity contribution in [1.29, 1.82) is 0 Å². The standard InChI is InChI=1S/C28H50NO9P/c1-6-7-15-18-26(31)19-16-13-11-9-8-10-12-14-17-20-28(32)35-23-27(38-25(2)30)24-37-39(33,34)36-22-21-29(3,4)5/h7,11,13,15-16,19,26-27,31H,6,8-10,12,14,17-18,20-24H2,1-5H3/p+1/b13-11+,15-7+,19-16+/t26?,27-/m1/s1. The lowest BCUT2D eigenvalue weighted by atomic mass is 10.1. The smallest absolute Gasteiger partial charge is 0.462 e. The van der Waals surface area contributed by atoms with E-state index in [4.69, 9.17) is 18.5 Å². The molecule has 2 unspecified atom stereocenters. The average Bonchev–Trinajstić information content (AvgIpc) is 2.83. The number of carbonyl (C=O) groups excluding carboxylic acids is 2. The van der Waals surface area contributed by atoms with Crippen LogP contribution in [0.2, 0.25) is 0 Å². The van der Waals surface area contributed by atoms with Crippen LogP contribution in [-0.4, -0.2) is 86.1 Å². The minimum absolute atomic E-state index is 0.0149. The number of nitrogens with zero attached hydrogens (tertiary/aromatic N) is 1. The highest BCUT2D eigenvalue weighted by Gasteiger charge is 2.26. The SMILES string of the molecule is CC/C=C/CC(O)/C=C/C=C/CCCCCCCC(=O)OC[C@H](COP(=O)(O)OCC[N+](C)(C)C)OC(C)=O. The fraction of sp³-hybridized carbons (Fsp3) is 0.714. The predicted molar refractivity (Wildman–Crippen MR) is 152 cm³/mol. The molecule has 0 saturated heterocycles. The van der Waals surface area contributed by atoms with Gasteiger partial charge in [0.2, 0.25) is 0 Å². The number of carbonyl (C=O) groups is 2. The third-order valence-electron chi connectivity index (χ3n) is 5.32. The zero-order chi connectivity index (χ0) is 29.6. The van der Waals surface area contributed by atoms with Crippen LogP contribution in [0.15, 0.2) is 36.5 Å². The first kappa shape index (κ1) is 37.2. The molecule has 0 aromatic carbocycles. The maximum absolute atomic E-state index is 12.1. The van der Waals surface area contributed by atoms with Crippen molar-refractivity contribution in [1.82, 2.24) is 0 Å². The number of allylic oxidation sites excluding steroid dienone is 4. The summed E-state index contributed by atoms with van der Waals surface area (Å²) in [5, 5.41) is 9.78. The summed E-state index contributed by atoms with van der Waals surface area (Å²) in [6, 6.07) is 0. The summed E-state index contributed by atoms with van der Waals surface area (Å²) in [7, 11) is 1.41. The summed E-state index contributed by atoms with van der Waals surface area (Å²) in [5.74, 6) is -1.05. The Morgan fingerprint density at radius 3 is 2.31 bits per heavy atom. The first-order chi connectivity index (χ1) is 18.3. The van der Waals surface area contributed by atoms with E-state index in [1.807, 2.05) is 45.4 Å². The van der Waals surface area contributed by atoms with Crippen LogP contribution in [0.25, 0.3) is 0 Å². The Labute approximate surface area is 234 Å². The Morgan fingerprint density at radius 2 is 1.64 bits per heavy atom. The van der Waals surface area contributed by atoms with Crippen LogP contribution < -0.4 is 0 Å². The molecule has 0 aromatic rings. The molecule has 3 atom stereocenters. The molecule has 0 spiro atoms. The molecule has 0 rings (SSSR count). The monoisotopic (exact) mass is 576 g/mol. The van der Waals surface area contributed by atoms with Gasteiger partial charge in [-0.1, -0.05) is 62.6 Å². The Kier molecular flexibility index (Phi) is 20.9. The largest absolute Gasteiger partial charge is 0.472 e. The number of unbranched alkanes of at least 4 members (excludes halogenated alkanes) is 5. The second kappa shape index (κ2) is 21.9. The van der Waals surface area contributed by atoms with E-state index in [-0.39, 0.29) is 19.6 Å². The lowest BCUT2D eigenvalue weighted by molar-refractivity contribution is -0.870. The van der Waals surface area contributed by atoms with Crippen LogP contribution in [0.3, 0.4) is 0 Å². The number of ether oxygens (including phenoxy) is 2. The molecule has 39 heavy (non-hydrogen) atoms. The van der Waals surface area contributed by atoms with Crippen LogP contribution >= 0.6 is 7.82 Å². The lowest BCUT2D eigenvalue weighted by Crippen LogP contribution is -2.37. The van der Waals surface area contributed by atoms with E-state index in [0.717, 1.165) is 38.5 Å². The fourth-order valence-corrected chi connectivity index (χ4v) is 3.91. The number of aliphatic hydroxyl groups excluding tert-OH is 1. The molecular weight excluding hydrogens is 525 g/mol. The minimum Gasteiger partial charge on any atom is -0.462 e. The number of aliphatic hydroxyl groups is 1. The van der Waals surface area contributed by atoms with Crippen molar-refractivity contribution in [2.24, 2.45) is 0 Å².